The molecule has 0 unspecified atom stereocenters. The quantitative estimate of drug-likeness (QED) is 0.712. The molecule has 0 atom stereocenters. The van der Waals surface area contributed by atoms with Gasteiger partial charge in [-0.1, -0.05) is 23.7 Å². The highest BCUT2D eigenvalue weighted by Crippen LogP contribution is 2.24. The van der Waals surface area contributed by atoms with Crippen LogP contribution in [0.1, 0.15) is 28.1 Å². The van der Waals surface area contributed by atoms with Gasteiger partial charge < -0.3 is 10.2 Å². The van der Waals surface area contributed by atoms with E-state index in [0.29, 0.717) is 11.6 Å². The topological polar surface area (TPSA) is 58.3 Å². The van der Waals surface area contributed by atoms with Crippen LogP contribution in [0, 0.1) is 13.8 Å². The van der Waals surface area contributed by atoms with Crippen molar-refractivity contribution < 1.29 is 10.2 Å². The molecule has 5 heteroatoms. The molecular weight excluding hydrogens is 336 g/mol. The van der Waals surface area contributed by atoms with Gasteiger partial charge in [0.05, 0.1) is 17.3 Å². The molecule has 0 fully saturated rings. The van der Waals surface area contributed by atoms with E-state index >= 15 is 0 Å². The first-order chi connectivity index (χ1) is 11.9. The van der Waals surface area contributed by atoms with Crippen LogP contribution < -0.4 is 0 Å². The lowest BCUT2D eigenvalue weighted by atomic mass is 10.1. The van der Waals surface area contributed by atoms with Crippen molar-refractivity contribution >= 4 is 11.6 Å². The van der Waals surface area contributed by atoms with Crippen LogP contribution in [-0.4, -0.2) is 20.0 Å². The standard InChI is InChI=1S/C20H21ClN2O2/c1-13-3-7-18(24)11-16(13)12-23-14(2)9-17(22-23)6-4-15-5-8-20(25)19(21)10-15/h3,5,7-11,24-25H,4,6,12H2,1-2H3. The monoisotopic (exact) mass is 356 g/mol. The maximum Gasteiger partial charge on any atom is 0.134 e. The van der Waals surface area contributed by atoms with Crippen LogP contribution in [0.15, 0.2) is 42.5 Å². The molecule has 25 heavy (non-hydrogen) atoms. The maximum atomic E-state index is 9.68. The Morgan fingerprint density at radius 2 is 1.80 bits per heavy atom. The second-order valence-electron chi connectivity index (χ2n) is 6.33. The van der Waals surface area contributed by atoms with Crippen LogP contribution in [0.25, 0.3) is 0 Å². The molecule has 0 saturated carbocycles. The summed E-state index contributed by atoms with van der Waals surface area (Å²) in [6.45, 7) is 4.70. The third kappa shape index (κ3) is 4.15. The number of halogens is 1. The van der Waals surface area contributed by atoms with E-state index in [2.05, 4.69) is 11.2 Å². The number of phenols is 2. The van der Waals surface area contributed by atoms with Crippen molar-refractivity contribution in [2.45, 2.75) is 33.2 Å². The average Bonchev–Trinajstić information content (AvgIpc) is 2.92. The fourth-order valence-corrected chi connectivity index (χ4v) is 3.03. The number of hydrogen-bond acceptors (Lipinski definition) is 3. The van der Waals surface area contributed by atoms with Gasteiger partial charge in [0.15, 0.2) is 0 Å². The number of phenolic OH excluding ortho intramolecular Hbond substituents is 2. The Balaban J connectivity index is 1.71. The molecule has 1 aromatic heterocycles. The molecule has 0 spiro atoms. The van der Waals surface area contributed by atoms with Crippen LogP contribution >= 0.6 is 11.6 Å². The molecule has 0 saturated heterocycles. The zero-order valence-electron chi connectivity index (χ0n) is 14.3. The molecule has 1 heterocycles. The zero-order valence-corrected chi connectivity index (χ0v) is 15.1. The lowest BCUT2D eigenvalue weighted by Crippen LogP contribution is -2.06. The number of nitrogens with zero attached hydrogens (tertiary/aromatic N) is 2. The smallest absolute Gasteiger partial charge is 0.134 e. The fourth-order valence-electron chi connectivity index (χ4n) is 2.83. The van der Waals surface area contributed by atoms with Gasteiger partial charge in [0, 0.05) is 5.69 Å². The Morgan fingerprint density at radius 1 is 1.00 bits per heavy atom. The summed E-state index contributed by atoms with van der Waals surface area (Å²) in [6, 6.07) is 12.8. The molecule has 2 aromatic carbocycles. The van der Waals surface area contributed by atoms with E-state index in [4.69, 9.17) is 11.6 Å². The largest absolute Gasteiger partial charge is 0.508 e. The molecule has 0 aliphatic heterocycles. The number of aryl methyl sites for hydroxylation is 4. The predicted molar refractivity (Wildman–Crippen MR) is 99.4 cm³/mol. The minimum absolute atomic E-state index is 0.104. The maximum absolute atomic E-state index is 9.68. The lowest BCUT2D eigenvalue weighted by Gasteiger charge is -2.08. The first-order valence-corrected chi connectivity index (χ1v) is 8.59. The van der Waals surface area contributed by atoms with E-state index in [9.17, 15) is 10.2 Å². The van der Waals surface area contributed by atoms with E-state index in [1.165, 1.54) is 0 Å². The van der Waals surface area contributed by atoms with Gasteiger partial charge in [-0.25, -0.2) is 0 Å². The summed E-state index contributed by atoms with van der Waals surface area (Å²) >= 11 is 5.95. The number of aromatic hydroxyl groups is 2. The highest BCUT2D eigenvalue weighted by atomic mass is 35.5. The third-order valence-electron chi connectivity index (χ3n) is 4.37. The van der Waals surface area contributed by atoms with Crippen LogP contribution in [0.2, 0.25) is 5.02 Å². The Bertz CT molecular complexity index is 903. The first-order valence-electron chi connectivity index (χ1n) is 8.21. The van der Waals surface area contributed by atoms with Crippen molar-refractivity contribution in [1.29, 1.82) is 0 Å². The number of aromatic nitrogens is 2. The van der Waals surface area contributed by atoms with Crippen molar-refractivity contribution in [3.05, 3.63) is 75.6 Å². The molecular formula is C20H21ClN2O2. The molecule has 2 N–H and O–H groups in total. The number of hydrogen-bond donors (Lipinski definition) is 2. The fraction of sp³-hybridized carbons (Fsp3) is 0.250. The molecule has 3 rings (SSSR count). The summed E-state index contributed by atoms with van der Waals surface area (Å²) < 4.78 is 1.96. The molecule has 0 aliphatic rings. The van der Waals surface area contributed by atoms with E-state index in [1.807, 2.05) is 30.7 Å². The summed E-state index contributed by atoms with van der Waals surface area (Å²) in [5, 5.41) is 24.2. The summed E-state index contributed by atoms with van der Waals surface area (Å²) in [4.78, 5) is 0. The van der Waals surface area contributed by atoms with Crippen molar-refractivity contribution in [3.8, 4) is 11.5 Å². The second kappa shape index (κ2) is 7.19. The van der Waals surface area contributed by atoms with Crippen LogP contribution in [-0.2, 0) is 19.4 Å². The number of rotatable bonds is 5. The van der Waals surface area contributed by atoms with Gasteiger partial charge in [-0.3, -0.25) is 4.68 Å². The third-order valence-corrected chi connectivity index (χ3v) is 4.67. The van der Waals surface area contributed by atoms with E-state index in [-0.39, 0.29) is 11.5 Å². The highest BCUT2D eigenvalue weighted by molar-refractivity contribution is 6.32. The molecule has 0 amide bonds. The molecule has 4 nitrogen and oxygen atoms in total. The Hall–Kier alpha value is -2.46. The van der Waals surface area contributed by atoms with Crippen LogP contribution in [0.4, 0.5) is 0 Å². The molecule has 130 valence electrons. The van der Waals surface area contributed by atoms with Crippen molar-refractivity contribution in [2.75, 3.05) is 0 Å². The summed E-state index contributed by atoms with van der Waals surface area (Å²) in [7, 11) is 0. The summed E-state index contributed by atoms with van der Waals surface area (Å²) in [5.74, 6) is 0.377. The van der Waals surface area contributed by atoms with Crippen LogP contribution in [0.3, 0.4) is 0 Å². The van der Waals surface area contributed by atoms with Gasteiger partial charge in [-0.2, -0.15) is 5.10 Å². The molecule has 0 bridgehead atoms. The lowest BCUT2D eigenvalue weighted by molar-refractivity contribution is 0.473. The summed E-state index contributed by atoms with van der Waals surface area (Å²) in [6.07, 6.45) is 1.61. The van der Waals surface area contributed by atoms with Gasteiger partial charge in [-0.05, 0) is 73.7 Å². The Morgan fingerprint density at radius 3 is 2.56 bits per heavy atom. The minimum atomic E-state index is 0.104. The van der Waals surface area contributed by atoms with Crippen molar-refractivity contribution in [2.24, 2.45) is 0 Å². The molecule has 3 aromatic rings. The first kappa shape index (κ1) is 17.4. The van der Waals surface area contributed by atoms with Crippen molar-refractivity contribution in [1.82, 2.24) is 9.78 Å². The number of benzene rings is 2. The molecule has 0 aliphatic carbocycles. The van der Waals surface area contributed by atoms with Gasteiger partial charge in [-0.15, -0.1) is 0 Å². The van der Waals surface area contributed by atoms with Gasteiger partial charge >= 0.3 is 0 Å². The van der Waals surface area contributed by atoms with E-state index in [1.54, 1.807) is 24.3 Å². The van der Waals surface area contributed by atoms with Gasteiger partial charge in [0.1, 0.15) is 11.5 Å². The average molecular weight is 357 g/mol. The second-order valence-corrected chi connectivity index (χ2v) is 6.74. The minimum Gasteiger partial charge on any atom is -0.508 e. The highest BCUT2D eigenvalue weighted by Gasteiger charge is 2.08. The van der Waals surface area contributed by atoms with Crippen molar-refractivity contribution in [3.63, 3.8) is 0 Å². The Kier molecular flexibility index (Phi) is 5.00. The summed E-state index contributed by atoms with van der Waals surface area (Å²) in [5.41, 5.74) is 5.36. The van der Waals surface area contributed by atoms with Crippen LogP contribution in [0.5, 0.6) is 11.5 Å². The molecule has 0 radical (unpaired) electrons. The SMILES string of the molecule is Cc1ccc(O)cc1Cn1nc(CCc2ccc(O)c(Cl)c2)cc1C. The van der Waals surface area contributed by atoms with Gasteiger partial charge in [0.25, 0.3) is 0 Å². The van der Waals surface area contributed by atoms with E-state index < -0.39 is 0 Å². The van der Waals surface area contributed by atoms with E-state index in [0.717, 1.165) is 40.9 Å². The van der Waals surface area contributed by atoms with Gasteiger partial charge in [0.2, 0.25) is 0 Å². The predicted octanol–water partition coefficient (Wildman–Crippen LogP) is 4.40. The Labute approximate surface area is 152 Å². The normalized spacial score (nSPS) is 11.0. The zero-order chi connectivity index (χ0) is 18.0.